The second kappa shape index (κ2) is 8.83. The number of sulfonamides is 1. The lowest BCUT2D eigenvalue weighted by atomic mass is 9.92. The Hall–Kier alpha value is -1.94. The smallest absolute Gasteiger partial charge is 0.356 e. The van der Waals surface area contributed by atoms with Gasteiger partial charge in [-0.05, 0) is 49.8 Å². The highest BCUT2D eigenvalue weighted by Crippen LogP contribution is 2.34. The zero-order valence-electron chi connectivity index (χ0n) is 16.2. The third-order valence-electron chi connectivity index (χ3n) is 5.16. The van der Waals surface area contributed by atoms with Crippen molar-refractivity contribution in [2.24, 2.45) is 5.92 Å². The van der Waals surface area contributed by atoms with Gasteiger partial charge in [0.1, 0.15) is 12.1 Å². The van der Waals surface area contributed by atoms with E-state index < -0.39 is 21.8 Å². The molecule has 29 heavy (non-hydrogen) atoms. The fraction of sp³-hybridized carbons (Fsp3) is 0.579. The minimum Gasteiger partial charge on any atom is -0.356 e. The largest absolute Gasteiger partial charge is 0.416 e. The minimum atomic E-state index is -4.41. The van der Waals surface area contributed by atoms with Gasteiger partial charge >= 0.3 is 6.18 Å². The summed E-state index contributed by atoms with van der Waals surface area (Å²) in [6, 6.07) is 3.56. The van der Waals surface area contributed by atoms with Crippen molar-refractivity contribution in [2.75, 3.05) is 30.8 Å². The van der Waals surface area contributed by atoms with Crippen LogP contribution >= 0.6 is 0 Å². The van der Waals surface area contributed by atoms with Crippen LogP contribution < -0.4 is 9.62 Å². The SMILES string of the molecule is CS(=O)(=O)NCCCCC1CCCN(c2ncnc3ccc(C(F)(F)F)cc23)C1. The van der Waals surface area contributed by atoms with Crippen molar-refractivity contribution in [3.63, 3.8) is 0 Å². The van der Waals surface area contributed by atoms with Gasteiger partial charge < -0.3 is 4.90 Å². The highest BCUT2D eigenvalue weighted by Gasteiger charge is 2.31. The van der Waals surface area contributed by atoms with Crippen molar-refractivity contribution in [1.82, 2.24) is 14.7 Å². The van der Waals surface area contributed by atoms with Gasteiger partial charge in [0.15, 0.2) is 0 Å². The molecule has 3 rings (SSSR count). The second-order valence-electron chi connectivity index (χ2n) is 7.54. The van der Waals surface area contributed by atoms with E-state index in [9.17, 15) is 21.6 Å². The predicted octanol–water partition coefficient (Wildman–Crippen LogP) is 3.58. The van der Waals surface area contributed by atoms with Gasteiger partial charge in [0.2, 0.25) is 10.0 Å². The molecule has 0 aliphatic carbocycles. The van der Waals surface area contributed by atoms with Gasteiger partial charge in [0, 0.05) is 25.0 Å². The number of piperidine rings is 1. The van der Waals surface area contributed by atoms with Crippen LogP contribution in [0.1, 0.15) is 37.7 Å². The van der Waals surface area contributed by atoms with Crippen LogP contribution in [-0.2, 0) is 16.2 Å². The first-order valence-electron chi connectivity index (χ1n) is 9.65. The Bertz CT molecular complexity index is 950. The van der Waals surface area contributed by atoms with Gasteiger partial charge in [-0.15, -0.1) is 0 Å². The summed E-state index contributed by atoms with van der Waals surface area (Å²) < 4.78 is 64.1. The molecule has 1 aromatic heterocycles. The van der Waals surface area contributed by atoms with Gasteiger partial charge in [-0.25, -0.2) is 23.1 Å². The summed E-state index contributed by atoms with van der Waals surface area (Å²) in [7, 11) is -3.16. The van der Waals surface area contributed by atoms with Gasteiger partial charge in [0.25, 0.3) is 0 Å². The number of anilines is 1. The topological polar surface area (TPSA) is 75.2 Å². The third-order valence-corrected chi connectivity index (χ3v) is 5.89. The molecule has 0 saturated carbocycles. The maximum Gasteiger partial charge on any atom is 0.416 e. The third kappa shape index (κ3) is 6.02. The first kappa shape index (κ1) is 21.8. The molecule has 0 bridgehead atoms. The van der Waals surface area contributed by atoms with Crippen LogP contribution in [0.3, 0.4) is 0 Å². The van der Waals surface area contributed by atoms with E-state index in [1.165, 1.54) is 12.4 Å². The number of unbranched alkanes of at least 4 members (excludes halogenated alkanes) is 1. The van der Waals surface area contributed by atoms with E-state index in [4.69, 9.17) is 0 Å². The lowest BCUT2D eigenvalue weighted by Crippen LogP contribution is -2.36. The molecule has 1 N–H and O–H groups in total. The monoisotopic (exact) mass is 430 g/mol. The predicted molar refractivity (Wildman–Crippen MR) is 106 cm³/mol. The summed E-state index contributed by atoms with van der Waals surface area (Å²) >= 11 is 0. The average Bonchev–Trinajstić information content (AvgIpc) is 2.65. The van der Waals surface area contributed by atoms with Gasteiger partial charge in [-0.2, -0.15) is 13.2 Å². The summed E-state index contributed by atoms with van der Waals surface area (Å²) in [4.78, 5) is 10.5. The number of aromatic nitrogens is 2. The van der Waals surface area contributed by atoms with Crippen molar-refractivity contribution in [3.8, 4) is 0 Å². The summed E-state index contributed by atoms with van der Waals surface area (Å²) in [5.74, 6) is 0.947. The maximum absolute atomic E-state index is 13.1. The molecule has 6 nitrogen and oxygen atoms in total. The fourth-order valence-electron chi connectivity index (χ4n) is 3.78. The number of fused-ring (bicyclic) bond motifs is 1. The zero-order chi connectivity index (χ0) is 21.1. The first-order valence-corrected chi connectivity index (χ1v) is 11.5. The van der Waals surface area contributed by atoms with Crippen LogP contribution in [0.15, 0.2) is 24.5 Å². The Kier molecular flexibility index (Phi) is 6.62. The summed E-state index contributed by atoms with van der Waals surface area (Å²) in [6.07, 6.45) is 2.71. The summed E-state index contributed by atoms with van der Waals surface area (Å²) in [6.45, 7) is 1.89. The van der Waals surface area contributed by atoms with Crippen molar-refractivity contribution < 1.29 is 21.6 Å². The van der Waals surface area contributed by atoms with Gasteiger partial charge in [-0.1, -0.05) is 6.42 Å². The molecular weight excluding hydrogens is 405 g/mol. The molecule has 10 heteroatoms. The first-order chi connectivity index (χ1) is 13.6. The van der Waals surface area contributed by atoms with Crippen LogP contribution in [0.2, 0.25) is 0 Å². The molecule has 2 aromatic rings. The lowest BCUT2D eigenvalue weighted by Gasteiger charge is -2.34. The van der Waals surface area contributed by atoms with Crippen molar-refractivity contribution in [2.45, 2.75) is 38.3 Å². The normalized spacial score (nSPS) is 18.3. The molecule has 0 amide bonds. The Balaban J connectivity index is 1.68. The molecule has 1 fully saturated rings. The van der Waals surface area contributed by atoms with Crippen LogP contribution in [-0.4, -0.2) is 44.3 Å². The standard InChI is InChI=1S/C19H25F3N4O2S/c1-29(27,28)25-9-3-2-5-14-6-4-10-26(12-14)18-16-11-15(19(20,21)22)7-8-17(16)23-13-24-18/h7-8,11,13-14,25H,2-6,9-10,12H2,1H3. The Morgan fingerprint density at radius 3 is 2.76 bits per heavy atom. The molecular formula is C19H25F3N4O2S. The molecule has 1 atom stereocenters. The van der Waals surface area contributed by atoms with E-state index in [1.54, 1.807) is 0 Å². The molecule has 1 aliphatic rings. The molecule has 1 aliphatic heterocycles. The lowest BCUT2D eigenvalue weighted by molar-refractivity contribution is -0.137. The number of benzene rings is 1. The van der Waals surface area contributed by atoms with Crippen molar-refractivity contribution in [1.29, 1.82) is 0 Å². The van der Waals surface area contributed by atoms with Crippen LogP contribution in [0, 0.1) is 5.92 Å². The van der Waals surface area contributed by atoms with Crippen molar-refractivity contribution >= 4 is 26.7 Å². The van der Waals surface area contributed by atoms with Crippen LogP contribution in [0.25, 0.3) is 10.9 Å². The van der Waals surface area contributed by atoms with E-state index in [0.29, 0.717) is 29.2 Å². The molecule has 1 unspecified atom stereocenters. The number of nitrogens with one attached hydrogen (secondary N) is 1. The number of hydrogen-bond donors (Lipinski definition) is 1. The second-order valence-corrected chi connectivity index (χ2v) is 9.38. The Morgan fingerprint density at radius 2 is 2.03 bits per heavy atom. The number of alkyl halides is 3. The molecule has 1 aromatic carbocycles. The van der Waals surface area contributed by atoms with E-state index in [1.807, 2.05) is 4.90 Å². The van der Waals surface area contributed by atoms with E-state index in [-0.39, 0.29) is 0 Å². The highest BCUT2D eigenvalue weighted by atomic mass is 32.2. The zero-order valence-corrected chi connectivity index (χ0v) is 17.1. The summed E-state index contributed by atoms with van der Waals surface area (Å²) in [5, 5.41) is 0.417. The van der Waals surface area contributed by atoms with Gasteiger partial charge in [0.05, 0.1) is 17.3 Å². The Morgan fingerprint density at radius 1 is 1.24 bits per heavy atom. The number of hydrogen-bond acceptors (Lipinski definition) is 5. The number of nitrogens with zero attached hydrogens (tertiary/aromatic N) is 3. The quantitative estimate of drug-likeness (QED) is 0.680. The van der Waals surface area contributed by atoms with Crippen LogP contribution in [0.5, 0.6) is 0 Å². The number of rotatable bonds is 7. The van der Waals surface area contributed by atoms with E-state index in [0.717, 1.165) is 63.6 Å². The van der Waals surface area contributed by atoms with Crippen molar-refractivity contribution in [3.05, 3.63) is 30.1 Å². The Labute approximate surface area is 168 Å². The number of halogens is 3. The van der Waals surface area contributed by atoms with E-state index >= 15 is 0 Å². The molecule has 160 valence electrons. The van der Waals surface area contributed by atoms with E-state index in [2.05, 4.69) is 14.7 Å². The molecule has 0 radical (unpaired) electrons. The highest BCUT2D eigenvalue weighted by molar-refractivity contribution is 7.88. The molecule has 2 heterocycles. The maximum atomic E-state index is 13.1. The molecule has 0 spiro atoms. The molecule has 1 saturated heterocycles. The summed E-state index contributed by atoms with van der Waals surface area (Å²) in [5.41, 5.74) is -0.204. The average molecular weight is 430 g/mol. The van der Waals surface area contributed by atoms with Gasteiger partial charge in [-0.3, -0.25) is 0 Å². The minimum absolute atomic E-state index is 0.401. The van der Waals surface area contributed by atoms with Crippen LogP contribution in [0.4, 0.5) is 19.0 Å². The fourth-order valence-corrected chi connectivity index (χ4v) is 4.30.